The Morgan fingerprint density at radius 1 is 1.09 bits per heavy atom. The highest BCUT2D eigenvalue weighted by Gasteiger charge is 2.09. The summed E-state index contributed by atoms with van der Waals surface area (Å²) in [6, 6.07) is 17.1. The predicted molar refractivity (Wildman–Crippen MR) is 91.8 cm³/mol. The lowest BCUT2D eigenvalue weighted by molar-refractivity contribution is -0.118. The number of aromatic nitrogens is 1. The Hall–Kier alpha value is -2.88. The predicted octanol–water partition coefficient (Wildman–Crippen LogP) is 3.87. The summed E-state index contributed by atoms with van der Waals surface area (Å²) in [5.41, 5.74) is 3.62. The summed E-state index contributed by atoms with van der Waals surface area (Å²) < 4.78 is 5.74. The Morgan fingerprint density at radius 3 is 2.65 bits per heavy atom. The lowest BCUT2D eigenvalue weighted by Crippen LogP contribution is -2.20. The quantitative estimate of drug-likeness (QED) is 0.796. The van der Waals surface area contributed by atoms with Gasteiger partial charge in [0.05, 0.1) is 5.52 Å². The van der Waals surface area contributed by atoms with Crippen LogP contribution in [-0.4, -0.2) is 17.5 Å². The van der Waals surface area contributed by atoms with Crippen molar-refractivity contribution >= 4 is 22.5 Å². The van der Waals surface area contributed by atoms with Crippen LogP contribution in [0.1, 0.15) is 11.3 Å². The second-order valence-corrected chi connectivity index (χ2v) is 5.44. The molecule has 116 valence electrons. The van der Waals surface area contributed by atoms with E-state index in [0.29, 0.717) is 5.75 Å². The van der Waals surface area contributed by atoms with Crippen LogP contribution in [0.4, 0.5) is 5.69 Å². The average molecular weight is 306 g/mol. The highest BCUT2D eigenvalue weighted by Crippen LogP contribution is 2.27. The van der Waals surface area contributed by atoms with Crippen molar-refractivity contribution in [3.05, 3.63) is 65.9 Å². The molecule has 1 amide bonds. The Bertz CT molecular complexity index is 845. The van der Waals surface area contributed by atoms with Crippen LogP contribution < -0.4 is 10.1 Å². The van der Waals surface area contributed by atoms with Gasteiger partial charge < -0.3 is 10.1 Å². The van der Waals surface area contributed by atoms with E-state index in [4.69, 9.17) is 4.74 Å². The van der Waals surface area contributed by atoms with Crippen LogP contribution in [0.15, 0.2) is 54.6 Å². The van der Waals surface area contributed by atoms with Gasteiger partial charge in [-0.15, -0.1) is 0 Å². The van der Waals surface area contributed by atoms with E-state index in [1.807, 2.05) is 68.4 Å². The van der Waals surface area contributed by atoms with Gasteiger partial charge >= 0.3 is 0 Å². The van der Waals surface area contributed by atoms with Crippen molar-refractivity contribution in [3.63, 3.8) is 0 Å². The van der Waals surface area contributed by atoms with Crippen LogP contribution in [0.3, 0.4) is 0 Å². The van der Waals surface area contributed by atoms with Gasteiger partial charge in [0, 0.05) is 22.8 Å². The molecule has 0 aliphatic carbocycles. The zero-order valence-corrected chi connectivity index (χ0v) is 13.2. The van der Waals surface area contributed by atoms with Crippen molar-refractivity contribution in [2.75, 3.05) is 11.9 Å². The standard InChI is InChI=1S/C19H18N2O2/c1-13-7-6-10-16-17(11-14(2)20-19(13)16)23-12-18(22)21-15-8-4-3-5-9-15/h3-11H,12H2,1-2H3,(H,21,22). The van der Waals surface area contributed by atoms with E-state index in [2.05, 4.69) is 10.3 Å². The summed E-state index contributed by atoms with van der Waals surface area (Å²) in [7, 11) is 0. The maximum Gasteiger partial charge on any atom is 0.262 e. The molecule has 3 rings (SSSR count). The molecule has 0 aliphatic rings. The van der Waals surface area contributed by atoms with Gasteiger partial charge in [0.15, 0.2) is 6.61 Å². The number of rotatable bonds is 4. The first-order chi connectivity index (χ1) is 11.1. The highest BCUT2D eigenvalue weighted by atomic mass is 16.5. The van der Waals surface area contributed by atoms with Crippen molar-refractivity contribution in [2.45, 2.75) is 13.8 Å². The monoisotopic (exact) mass is 306 g/mol. The Morgan fingerprint density at radius 2 is 1.87 bits per heavy atom. The third-order valence-corrected chi connectivity index (χ3v) is 3.55. The third-order valence-electron chi connectivity index (χ3n) is 3.55. The molecule has 0 spiro atoms. The Labute approximate surface area is 135 Å². The fraction of sp³-hybridized carbons (Fsp3) is 0.158. The number of aryl methyl sites for hydroxylation is 2. The van der Waals surface area contributed by atoms with Gasteiger partial charge in [-0.1, -0.05) is 30.3 Å². The first-order valence-corrected chi connectivity index (χ1v) is 7.48. The molecule has 1 heterocycles. The summed E-state index contributed by atoms with van der Waals surface area (Å²) in [5.74, 6) is 0.492. The van der Waals surface area contributed by atoms with E-state index in [-0.39, 0.29) is 12.5 Å². The van der Waals surface area contributed by atoms with E-state index in [0.717, 1.165) is 27.8 Å². The molecule has 1 N–H and O–H groups in total. The van der Waals surface area contributed by atoms with Gasteiger partial charge in [0.25, 0.3) is 5.91 Å². The molecular formula is C19H18N2O2. The maximum atomic E-state index is 12.0. The van der Waals surface area contributed by atoms with Gasteiger partial charge in [-0.25, -0.2) is 0 Å². The number of amides is 1. The number of carbonyl (C=O) groups is 1. The fourth-order valence-electron chi connectivity index (χ4n) is 2.46. The molecule has 0 saturated heterocycles. The smallest absolute Gasteiger partial charge is 0.262 e. The van der Waals surface area contributed by atoms with E-state index >= 15 is 0 Å². The molecule has 0 fully saturated rings. The number of fused-ring (bicyclic) bond motifs is 1. The first-order valence-electron chi connectivity index (χ1n) is 7.48. The van der Waals surface area contributed by atoms with E-state index in [9.17, 15) is 4.79 Å². The molecule has 0 bridgehead atoms. The molecule has 0 saturated carbocycles. The number of carbonyl (C=O) groups excluding carboxylic acids is 1. The number of nitrogens with one attached hydrogen (secondary N) is 1. The number of hydrogen-bond acceptors (Lipinski definition) is 3. The fourth-order valence-corrected chi connectivity index (χ4v) is 2.46. The molecular weight excluding hydrogens is 288 g/mol. The number of pyridine rings is 1. The molecule has 0 radical (unpaired) electrons. The van der Waals surface area contributed by atoms with Gasteiger partial charge in [0.1, 0.15) is 5.75 Å². The second-order valence-electron chi connectivity index (χ2n) is 5.44. The first kappa shape index (κ1) is 15.0. The molecule has 4 nitrogen and oxygen atoms in total. The van der Waals surface area contributed by atoms with Crippen LogP contribution in [-0.2, 0) is 4.79 Å². The van der Waals surface area contributed by atoms with Gasteiger partial charge in [-0.05, 0) is 37.6 Å². The highest BCUT2D eigenvalue weighted by molar-refractivity contribution is 5.92. The third kappa shape index (κ3) is 3.48. The molecule has 0 aliphatic heterocycles. The number of ether oxygens (including phenoxy) is 1. The van der Waals surface area contributed by atoms with Gasteiger partial charge in [0.2, 0.25) is 0 Å². The minimum Gasteiger partial charge on any atom is -0.483 e. The average Bonchev–Trinajstić information content (AvgIpc) is 2.54. The van der Waals surface area contributed by atoms with Crippen LogP contribution in [0, 0.1) is 13.8 Å². The molecule has 23 heavy (non-hydrogen) atoms. The van der Waals surface area contributed by atoms with Crippen LogP contribution in [0.2, 0.25) is 0 Å². The Balaban J connectivity index is 1.77. The molecule has 2 aromatic carbocycles. The van der Waals surface area contributed by atoms with E-state index < -0.39 is 0 Å². The largest absolute Gasteiger partial charge is 0.483 e. The summed E-state index contributed by atoms with van der Waals surface area (Å²) in [4.78, 5) is 16.6. The number of nitrogens with zero attached hydrogens (tertiary/aromatic N) is 1. The Kier molecular flexibility index (Phi) is 4.24. The summed E-state index contributed by atoms with van der Waals surface area (Å²) in [6.07, 6.45) is 0. The molecule has 0 atom stereocenters. The van der Waals surface area contributed by atoms with Crippen molar-refractivity contribution in [3.8, 4) is 5.75 Å². The molecule has 4 heteroatoms. The second kappa shape index (κ2) is 6.48. The topological polar surface area (TPSA) is 51.2 Å². The zero-order valence-electron chi connectivity index (χ0n) is 13.2. The maximum absolute atomic E-state index is 12.0. The molecule has 1 aromatic heterocycles. The van der Waals surface area contributed by atoms with Crippen LogP contribution in [0.5, 0.6) is 5.75 Å². The van der Waals surface area contributed by atoms with Gasteiger partial charge in [-0.3, -0.25) is 9.78 Å². The summed E-state index contributed by atoms with van der Waals surface area (Å²) >= 11 is 0. The normalized spacial score (nSPS) is 10.5. The lowest BCUT2D eigenvalue weighted by Gasteiger charge is -2.11. The van der Waals surface area contributed by atoms with E-state index in [1.165, 1.54) is 0 Å². The summed E-state index contributed by atoms with van der Waals surface area (Å²) in [5, 5.41) is 3.73. The van der Waals surface area contributed by atoms with E-state index in [1.54, 1.807) is 0 Å². The lowest BCUT2D eigenvalue weighted by atomic mass is 10.1. The van der Waals surface area contributed by atoms with Crippen molar-refractivity contribution in [1.29, 1.82) is 0 Å². The minimum atomic E-state index is -0.188. The van der Waals surface area contributed by atoms with Crippen LogP contribution >= 0.6 is 0 Å². The van der Waals surface area contributed by atoms with Crippen molar-refractivity contribution < 1.29 is 9.53 Å². The summed E-state index contributed by atoms with van der Waals surface area (Å²) in [6.45, 7) is 3.89. The number of anilines is 1. The number of hydrogen-bond donors (Lipinski definition) is 1. The number of para-hydroxylation sites is 2. The minimum absolute atomic E-state index is 0.0403. The molecule has 3 aromatic rings. The van der Waals surface area contributed by atoms with Crippen LogP contribution in [0.25, 0.3) is 10.9 Å². The van der Waals surface area contributed by atoms with Crippen molar-refractivity contribution in [1.82, 2.24) is 4.98 Å². The van der Waals surface area contributed by atoms with Crippen molar-refractivity contribution in [2.24, 2.45) is 0 Å². The van der Waals surface area contributed by atoms with Gasteiger partial charge in [-0.2, -0.15) is 0 Å². The number of benzene rings is 2. The SMILES string of the molecule is Cc1cc(OCC(=O)Nc2ccccc2)c2cccc(C)c2n1. The zero-order chi connectivity index (χ0) is 16.2. The molecule has 0 unspecified atom stereocenters.